The minimum absolute atomic E-state index is 0.249. The average Bonchev–Trinajstić information content (AvgIpc) is 2.36. The van der Waals surface area contributed by atoms with Crippen LogP contribution in [0.5, 0.6) is 0 Å². The molecule has 1 aromatic heterocycles. The van der Waals surface area contributed by atoms with Crippen molar-refractivity contribution in [2.75, 3.05) is 6.61 Å². The smallest absolute Gasteiger partial charge is 0.327 e. The van der Waals surface area contributed by atoms with Gasteiger partial charge < -0.3 is 4.74 Å². The van der Waals surface area contributed by atoms with E-state index in [0.717, 1.165) is 12.0 Å². The van der Waals surface area contributed by atoms with E-state index in [-0.39, 0.29) is 12.0 Å². The number of rotatable bonds is 6. The van der Waals surface area contributed by atoms with Crippen molar-refractivity contribution in [3.05, 3.63) is 30.1 Å². The fourth-order valence-corrected chi connectivity index (χ4v) is 1.48. The largest absolute Gasteiger partial charge is 0.465 e. The number of ether oxygens (including phenoxy) is 1. The predicted octanol–water partition coefficient (Wildman–Crippen LogP) is 2.07. The average molecular weight is 236 g/mol. The number of pyridine rings is 1. The van der Waals surface area contributed by atoms with Crippen molar-refractivity contribution in [3.63, 3.8) is 0 Å². The van der Waals surface area contributed by atoms with Crippen LogP contribution < -0.4 is 5.32 Å². The lowest BCUT2D eigenvalue weighted by atomic mass is 10.1. The first-order chi connectivity index (χ1) is 8.19. The van der Waals surface area contributed by atoms with Crippen LogP contribution >= 0.6 is 0 Å². The van der Waals surface area contributed by atoms with Crippen LogP contribution in [0.25, 0.3) is 0 Å². The molecule has 0 aliphatic heterocycles. The third-order valence-corrected chi connectivity index (χ3v) is 2.60. The maximum Gasteiger partial charge on any atom is 0.327 e. The molecule has 1 heterocycles. The Morgan fingerprint density at radius 3 is 2.82 bits per heavy atom. The molecule has 4 nitrogen and oxygen atoms in total. The Morgan fingerprint density at radius 1 is 1.53 bits per heavy atom. The van der Waals surface area contributed by atoms with Crippen LogP contribution in [0.15, 0.2) is 24.5 Å². The second kappa shape index (κ2) is 7.01. The Balaban J connectivity index is 2.82. The van der Waals surface area contributed by atoms with Gasteiger partial charge in [-0.05, 0) is 31.9 Å². The van der Waals surface area contributed by atoms with Crippen molar-refractivity contribution in [2.24, 2.45) is 0 Å². The molecular formula is C13H20N2O2. The van der Waals surface area contributed by atoms with Crippen LogP contribution in [0.4, 0.5) is 0 Å². The molecule has 1 N–H and O–H groups in total. The first-order valence-electron chi connectivity index (χ1n) is 6.01. The second-order valence-corrected chi connectivity index (χ2v) is 3.95. The van der Waals surface area contributed by atoms with Crippen molar-refractivity contribution >= 4 is 5.97 Å². The lowest BCUT2D eigenvalue weighted by Crippen LogP contribution is -2.36. The zero-order valence-corrected chi connectivity index (χ0v) is 10.6. The first-order valence-corrected chi connectivity index (χ1v) is 6.01. The normalized spacial score (nSPS) is 14.1. The van der Waals surface area contributed by atoms with E-state index >= 15 is 0 Å². The molecule has 4 heteroatoms. The monoisotopic (exact) mass is 236 g/mol. The molecule has 1 rings (SSSR count). The van der Waals surface area contributed by atoms with Crippen LogP contribution in [0.1, 0.15) is 38.8 Å². The van der Waals surface area contributed by atoms with E-state index in [4.69, 9.17) is 4.74 Å². The summed E-state index contributed by atoms with van der Waals surface area (Å²) in [6.07, 6.45) is 4.34. The molecule has 0 aliphatic carbocycles. The highest BCUT2D eigenvalue weighted by Gasteiger charge is 2.23. The highest BCUT2D eigenvalue weighted by molar-refractivity contribution is 5.77. The number of carbonyl (C=O) groups excluding carboxylic acids is 1. The number of nitrogens with zero attached hydrogens (tertiary/aromatic N) is 1. The quantitative estimate of drug-likeness (QED) is 0.768. The van der Waals surface area contributed by atoms with Gasteiger partial charge in [0, 0.05) is 18.4 Å². The van der Waals surface area contributed by atoms with Gasteiger partial charge in [0.05, 0.1) is 6.61 Å². The summed E-state index contributed by atoms with van der Waals surface area (Å²) in [5, 5.41) is 3.25. The third-order valence-electron chi connectivity index (χ3n) is 2.60. The van der Waals surface area contributed by atoms with Crippen molar-refractivity contribution < 1.29 is 9.53 Å². The molecule has 94 valence electrons. The van der Waals surface area contributed by atoms with E-state index in [2.05, 4.69) is 17.2 Å². The SMILES string of the molecule is CCOC(=O)C(NC(C)CC)c1cccnc1. The minimum Gasteiger partial charge on any atom is -0.465 e. The number of nitrogens with one attached hydrogen (secondary N) is 1. The van der Waals surface area contributed by atoms with Gasteiger partial charge in [0.15, 0.2) is 0 Å². The van der Waals surface area contributed by atoms with Gasteiger partial charge in [0.25, 0.3) is 0 Å². The molecule has 0 bridgehead atoms. The summed E-state index contributed by atoms with van der Waals surface area (Å²) in [6, 6.07) is 3.52. The zero-order valence-electron chi connectivity index (χ0n) is 10.6. The van der Waals surface area contributed by atoms with E-state index in [1.165, 1.54) is 0 Å². The Kier molecular flexibility index (Phi) is 5.63. The lowest BCUT2D eigenvalue weighted by Gasteiger charge is -2.21. The van der Waals surface area contributed by atoms with Gasteiger partial charge in [0.1, 0.15) is 6.04 Å². The first kappa shape index (κ1) is 13.6. The summed E-state index contributed by atoms with van der Waals surface area (Å²) in [5.74, 6) is -0.249. The Hall–Kier alpha value is -1.42. The summed E-state index contributed by atoms with van der Waals surface area (Å²) in [5.41, 5.74) is 0.839. The third kappa shape index (κ3) is 4.15. The van der Waals surface area contributed by atoms with Gasteiger partial charge in [-0.3, -0.25) is 10.3 Å². The van der Waals surface area contributed by atoms with Gasteiger partial charge in [-0.15, -0.1) is 0 Å². The number of carbonyl (C=O) groups is 1. The summed E-state index contributed by atoms with van der Waals surface area (Å²) in [4.78, 5) is 15.9. The van der Waals surface area contributed by atoms with E-state index in [1.54, 1.807) is 19.3 Å². The molecule has 0 saturated carbocycles. The van der Waals surface area contributed by atoms with E-state index in [1.807, 2.05) is 19.1 Å². The highest BCUT2D eigenvalue weighted by atomic mass is 16.5. The van der Waals surface area contributed by atoms with Crippen molar-refractivity contribution in [1.82, 2.24) is 10.3 Å². The summed E-state index contributed by atoms with van der Waals surface area (Å²) < 4.78 is 5.07. The number of hydrogen-bond donors (Lipinski definition) is 1. The summed E-state index contributed by atoms with van der Waals surface area (Å²) in [7, 11) is 0. The van der Waals surface area contributed by atoms with E-state index < -0.39 is 6.04 Å². The Bertz CT molecular complexity index is 341. The number of esters is 1. The molecule has 0 saturated heterocycles. The number of hydrogen-bond acceptors (Lipinski definition) is 4. The molecule has 0 amide bonds. The van der Waals surface area contributed by atoms with Crippen LogP contribution in [-0.4, -0.2) is 23.6 Å². The standard InChI is InChI=1S/C13H20N2O2/c1-4-10(3)15-12(13(16)17-5-2)11-7-6-8-14-9-11/h6-10,12,15H,4-5H2,1-3H3. The second-order valence-electron chi connectivity index (χ2n) is 3.95. The summed E-state index contributed by atoms with van der Waals surface area (Å²) in [6.45, 7) is 6.31. The van der Waals surface area contributed by atoms with Crippen LogP contribution in [0.2, 0.25) is 0 Å². The van der Waals surface area contributed by atoms with E-state index in [9.17, 15) is 4.79 Å². The Labute approximate surface area is 102 Å². The molecule has 0 radical (unpaired) electrons. The van der Waals surface area contributed by atoms with Crippen molar-refractivity contribution in [3.8, 4) is 0 Å². The lowest BCUT2D eigenvalue weighted by molar-refractivity contribution is -0.146. The molecular weight excluding hydrogens is 216 g/mol. The Morgan fingerprint density at radius 2 is 2.29 bits per heavy atom. The molecule has 0 spiro atoms. The molecule has 0 fully saturated rings. The molecule has 2 unspecified atom stereocenters. The number of aromatic nitrogens is 1. The highest BCUT2D eigenvalue weighted by Crippen LogP contribution is 2.14. The summed E-state index contributed by atoms with van der Waals surface area (Å²) >= 11 is 0. The van der Waals surface area contributed by atoms with Crippen LogP contribution in [0.3, 0.4) is 0 Å². The van der Waals surface area contributed by atoms with Crippen LogP contribution in [-0.2, 0) is 9.53 Å². The van der Waals surface area contributed by atoms with Crippen molar-refractivity contribution in [1.29, 1.82) is 0 Å². The topological polar surface area (TPSA) is 51.2 Å². The fourth-order valence-electron chi connectivity index (χ4n) is 1.48. The fraction of sp³-hybridized carbons (Fsp3) is 0.538. The predicted molar refractivity (Wildman–Crippen MR) is 66.5 cm³/mol. The minimum atomic E-state index is -0.432. The maximum absolute atomic E-state index is 11.9. The van der Waals surface area contributed by atoms with Gasteiger partial charge in [-0.1, -0.05) is 13.0 Å². The molecule has 2 atom stereocenters. The molecule has 17 heavy (non-hydrogen) atoms. The van der Waals surface area contributed by atoms with Gasteiger partial charge in [-0.2, -0.15) is 0 Å². The van der Waals surface area contributed by atoms with Crippen LogP contribution in [0, 0.1) is 0 Å². The molecule has 0 aromatic carbocycles. The molecule has 1 aromatic rings. The molecule has 0 aliphatic rings. The van der Waals surface area contributed by atoms with Gasteiger partial charge >= 0.3 is 5.97 Å². The maximum atomic E-state index is 11.9. The van der Waals surface area contributed by atoms with Gasteiger partial charge in [0.2, 0.25) is 0 Å². The zero-order chi connectivity index (χ0) is 12.7. The van der Waals surface area contributed by atoms with Gasteiger partial charge in [-0.25, -0.2) is 4.79 Å². The van der Waals surface area contributed by atoms with Crippen molar-refractivity contribution in [2.45, 2.75) is 39.3 Å². The van der Waals surface area contributed by atoms with E-state index in [0.29, 0.717) is 6.61 Å².